The lowest BCUT2D eigenvalue weighted by Crippen LogP contribution is -2.14. The van der Waals surface area contributed by atoms with Gasteiger partial charge in [-0.15, -0.1) is 10.2 Å². The molecule has 30 heavy (non-hydrogen) atoms. The molecule has 160 valence electrons. The first-order chi connectivity index (χ1) is 14.3. The molecular weight excluding hydrogens is 437 g/mol. The van der Waals surface area contributed by atoms with Crippen molar-refractivity contribution in [3.63, 3.8) is 0 Å². The summed E-state index contributed by atoms with van der Waals surface area (Å²) < 4.78 is 8.29. The van der Waals surface area contributed by atoms with Crippen LogP contribution in [0.4, 0.5) is 0 Å². The molecule has 2 aromatic carbocycles. The van der Waals surface area contributed by atoms with Crippen molar-refractivity contribution in [1.82, 2.24) is 14.8 Å². The van der Waals surface area contributed by atoms with Crippen LogP contribution in [0.3, 0.4) is 0 Å². The van der Waals surface area contributed by atoms with E-state index < -0.39 is 0 Å². The van der Waals surface area contributed by atoms with Crippen LogP contribution in [0.1, 0.15) is 69.6 Å². The van der Waals surface area contributed by atoms with Crippen LogP contribution < -0.4 is 4.74 Å². The summed E-state index contributed by atoms with van der Waals surface area (Å²) in [5, 5.41) is 11.0. The third kappa shape index (κ3) is 5.51. The molecule has 7 heteroatoms. The van der Waals surface area contributed by atoms with Crippen LogP contribution in [-0.2, 0) is 5.75 Å². The molecule has 0 amide bonds. The zero-order valence-corrected chi connectivity index (χ0v) is 20.2. The van der Waals surface area contributed by atoms with E-state index in [-0.39, 0.29) is 12.1 Å². The zero-order valence-electron chi connectivity index (χ0n) is 17.9. The second-order valence-electron chi connectivity index (χ2n) is 7.81. The van der Waals surface area contributed by atoms with E-state index in [0.717, 1.165) is 22.3 Å². The average molecular weight is 464 g/mol. The smallest absolute Gasteiger partial charge is 0.191 e. The SMILES string of the molecule is CC(C)c1ccc(OC(C)c2nnc(SCc3ccc(Cl)cc3Cl)n2C(C)C)cc1. The van der Waals surface area contributed by atoms with E-state index in [1.807, 2.05) is 31.2 Å². The zero-order chi connectivity index (χ0) is 21.8. The molecule has 0 aliphatic carbocycles. The molecule has 4 nitrogen and oxygen atoms in total. The minimum absolute atomic E-state index is 0.201. The van der Waals surface area contributed by atoms with Gasteiger partial charge < -0.3 is 9.30 Å². The number of benzene rings is 2. The van der Waals surface area contributed by atoms with Crippen molar-refractivity contribution in [2.24, 2.45) is 0 Å². The molecule has 1 unspecified atom stereocenters. The van der Waals surface area contributed by atoms with Crippen LogP contribution in [0.2, 0.25) is 10.0 Å². The van der Waals surface area contributed by atoms with Gasteiger partial charge in [0.25, 0.3) is 0 Å². The van der Waals surface area contributed by atoms with Gasteiger partial charge in [-0.1, -0.05) is 67.0 Å². The molecule has 0 saturated carbocycles. The van der Waals surface area contributed by atoms with Gasteiger partial charge in [-0.2, -0.15) is 0 Å². The molecule has 0 saturated heterocycles. The van der Waals surface area contributed by atoms with Gasteiger partial charge in [0.05, 0.1) is 0 Å². The second kappa shape index (κ2) is 10.1. The van der Waals surface area contributed by atoms with Crippen LogP contribution in [0.25, 0.3) is 0 Å². The van der Waals surface area contributed by atoms with E-state index in [0.29, 0.717) is 21.7 Å². The van der Waals surface area contributed by atoms with Crippen molar-refractivity contribution in [3.8, 4) is 5.75 Å². The predicted molar refractivity (Wildman–Crippen MR) is 126 cm³/mol. The minimum Gasteiger partial charge on any atom is -0.483 e. The summed E-state index contributed by atoms with van der Waals surface area (Å²) in [5.74, 6) is 2.82. The molecule has 0 fully saturated rings. The summed E-state index contributed by atoms with van der Waals surface area (Å²) in [6.45, 7) is 10.6. The molecule has 0 aliphatic rings. The van der Waals surface area contributed by atoms with E-state index in [1.165, 1.54) is 5.56 Å². The molecule has 1 heterocycles. The van der Waals surface area contributed by atoms with E-state index >= 15 is 0 Å². The van der Waals surface area contributed by atoms with Crippen molar-refractivity contribution in [2.75, 3.05) is 0 Å². The molecule has 0 radical (unpaired) electrons. The Hall–Kier alpha value is -1.69. The number of rotatable bonds is 8. The number of halogens is 2. The predicted octanol–water partition coefficient (Wildman–Crippen LogP) is 7.72. The van der Waals surface area contributed by atoms with Crippen molar-refractivity contribution in [1.29, 1.82) is 0 Å². The highest BCUT2D eigenvalue weighted by molar-refractivity contribution is 7.98. The van der Waals surface area contributed by atoms with E-state index in [2.05, 4.69) is 54.6 Å². The van der Waals surface area contributed by atoms with E-state index in [4.69, 9.17) is 27.9 Å². The maximum absolute atomic E-state index is 6.31. The van der Waals surface area contributed by atoms with Crippen LogP contribution in [-0.4, -0.2) is 14.8 Å². The summed E-state index contributed by atoms with van der Waals surface area (Å²) in [6, 6.07) is 14.0. The molecule has 0 N–H and O–H groups in total. The quantitative estimate of drug-likeness (QED) is 0.320. The van der Waals surface area contributed by atoms with Crippen LogP contribution in [0.15, 0.2) is 47.6 Å². The van der Waals surface area contributed by atoms with Crippen molar-refractivity contribution in [2.45, 2.75) is 63.6 Å². The molecule has 0 aliphatic heterocycles. The summed E-state index contributed by atoms with van der Waals surface area (Å²) in [5.41, 5.74) is 2.31. The maximum Gasteiger partial charge on any atom is 0.191 e. The third-order valence-corrected chi connectivity index (χ3v) is 6.38. The van der Waals surface area contributed by atoms with Gasteiger partial charge in [0.1, 0.15) is 5.75 Å². The summed E-state index contributed by atoms with van der Waals surface area (Å²) in [4.78, 5) is 0. The first-order valence-corrected chi connectivity index (χ1v) is 11.8. The minimum atomic E-state index is -0.224. The molecule has 0 bridgehead atoms. The highest BCUT2D eigenvalue weighted by Gasteiger charge is 2.22. The first kappa shape index (κ1) is 23.0. The second-order valence-corrected chi connectivity index (χ2v) is 9.60. The van der Waals surface area contributed by atoms with Crippen LogP contribution in [0.5, 0.6) is 5.75 Å². The van der Waals surface area contributed by atoms with E-state index in [1.54, 1.807) is 17.8 Å². The van der Waals surface area contributed by atoms with Gasteiger partial charge in [-0.25, -0.2) is 0 Å². The van der Waals surface area contributed by atoms with Gasteiger partial charge in [0.15, 0.2) is 17.1 Å². The Kier molecular flexibility index (Phi) is 7.72. The Bertz CT molecular complexity index is 987. The Morgan fingerprint density at radius 2 is 1.67 bits per heavy atom. The number of ether oxygens (including phenoxy) is 1. The number of hydrogen-bond donors (Lipinski definition) is 0. The number of hydrogen-bond acceptors (Lipinski definition) is 4. The van der Waals surface area contributed by atoms with E-state index in [9.17, 15) is 0 Å². The monoisotopic (exact) mass is 463 g/mol. The topological polar surface area (TPSA) is 39.9 Å². The van der Waals surface area contributed by atoms with Crippen molar-refractivity contribution < 1.29 is 4.74 Å². The number of aromatic nitrogens is 3. The Labute approximate surface area is 193 Å². The third-order valence-electron chi connectivity index (χ3n) is 4.80. The standard InChI is InChI=1S/C23H27Cl2N3OS/c1-14(2)17-7-10-20(11-8-17)29-16(5)22-26-27-23(28(22)15(3)4)30-13-18-6-9-19(24)12-21(18)25/h6-12,14-16H,13H2,1-5H3. The molecule has 0 spiro atoms. The lowest BCUT2D eigenvalue weighted by atomic mass is 10.0. The maximum atomic E-state index is 6.31. The number of nitrogens with zero attached hydrogens (tertiary/aromatic N) is 3. The Morgan fingerprint density at radius 1 is 0.967 bits per heavy atom. The normalized spacial score (nSPS) is 12.6. The largest absolute Gasteiger partial charge is 0.483 e. The lowest BCUT2D eigenvalue weighted by Gasteiger charge is -2.19. The van der Waals surface area contributed by atoms with Crippen LogP contribution in [0, 0.1) is 0 Å². The first-order valence-electron chi connectivity index (χ1n) is 10.0. The molecule has 3 rings (SSSR count). The summed E-state index contributed by atoms with van der Waals surface area (Å²) in [7, 11) is 0. The van der Waals surface area contributed by atoms with Crippen molar-refractivity contribution >= 4 is 35.0 Å². The highest BCUT2D eigenvalue weighted by atomic mass is 35.5. The fraction of sp³-hybridized carbons (Fsp3) is 0.391. The molecule has 1 aromatic heterocycles. The van der Waals surface area contributed by atoms with Gasteiger partial charge in [-0.05, 0) is 62.1 Å². The summed E-state index contributed by atoms with van der Waals surface area (Å²) in [6.07, 6.45) is -0.224. The Balaban J connectivity index is 1.76. The average Bonchev–Trinajstić information content (AvgIpc) is 3.12. The lowest BCUT2D eigenvalue weighted by molar-refractivity contribution is 0.207. The summed E-state index contributed by atoms with van der Waals surface area (Å²) >= 11 is 13.9. The fourth-order valence-corrected chi connectivity index (χ4v) is 4.75. The highest BCUT2D eigenvalue weighted by Crippen LogP contribution is 2.32. The van der Waals surface area contributed by atoms with Crippen molar-refractivity contribution in [3.05, 3.63) is 69.5 Å². The van der Waals surface area contributed by atoms with Gasteiger partial charge >= 0.3 is 0 Å². The molecular formula is C23H27Cl2N3OS. The fourth-order valence-electron chi connectivity index (χ4n) is 3.12. The molecule has 1 atom stereocenters. The number of thioether (sulfide) groups is 1. The molecule has 3 aromatic rings. The Morgan fingerprint density at radius 3 is 2.27 bits per heavy atom. The van der Waals surface area contributed by atoms with Gasteiger partial charge in [-0.3, -0.25) is 0 Å². The van der Waals surface area contributed by atoms with Gasteiger partial charge in [0.2, 0.25) is 0 Å². The van der Waals surface area contributed by atoms with Gasteiger partial charge in [0, 0.05) is 21.8 Å². The van der Waals surface area contributed by atoms with Crippen LogP contribution >= 0.6 is 35.0 Å².